The van der Waals surface area contributed by atoms with Gasteiger partial charge in [0.1, 0.15) is 0 Å². The predicted octanol–water partition coefficient (Wildman–Crippen LogP) is 3.29. The number of thiophene rings is 1. The molecule has 1 aromatic rings. The zero-order valence-corrected chi connectivity index (χ0v) is 13.6. The van der Waals surface area contributed by atoms with Gasteiger partial charge in [-0.15, -0.1) is 11.3 Å². The van der Waals surface area contributed by atoms with Crippen molar-refractivity contribution >= 4 is 17.2 Å². The molecule has 1 aliphatic rings. The lowest BCUT2D eigenvalue weighted by Crippen LogP contribution is -2.39. The predicted molar refractivity (Wildman–Crippen MR) is 84.9 cm³/mol. The number of nitrogens with one attached hydrogen (secondary N) is 1. The van der Waals surface area contributed by atoms with Gasteiger partial charge in [-0.1, -0.05) is 26.8 Å². The zero-order valence-electron chi connectivity index (χ0n) is 12.8. The summed E-state index contributed by atoms with van der Waals surface area (Å²) in [7, 11) is 0. The number of nitrogens with zero attached hydrogens (tertiary/aromatic N) is 1. The molecular weight excluding hydrogens is 268 g/mol. The summed E-state index contributed by atoms with van der Waals surface area (Å²) in [6.45, 7) is 9.15. The average molecular weight is 294 g/mol. The first-order valence-corrected chi connectivity index (χ1v) is 8.60. The van der Waals surface area contributed by atoms with Gasteiger partial charge in [0.15, 0.2) is 0 Å². The Morgan fingerprint density at radius 2 is 2.15 bits per heavy atom. The van der Waals surface area contributed by atoms with Crippen LogP contribution in [0.15, 0.2) is 17.5 Å². The minimum Gasteiger partial charge on any atom is -0.354 e. The lowest BCUT2D eigenvalue weighted by Gasteiger charge is -2.29. The van der Waals surface area contributed by atoms with E-state index in [2.05, 4.69) is 48.5 Å². The molecule has 2 unspecified atom stereocenters. The van der Waals surface area contributed by atoms with E-state index in [1.165, 1.54) is 17.7 Å². The summed E-state index contributed by atoms with van der Waals surface area (Å²) in [5.74, 6) is 1.03. The maximum absolute atomic E-state index is 12.2. The topological polar surface area (TPSA) is 32.3 Å². The first-order valence-electron chi connectivity index (χ1n) is 7.72. The molecule has 1 heterocycles. The fourth-order valence-electron chi connectivity index (χ4n) is 2.72. The molecule has 0 aliphatic heterocycles. The van der Waals surface area contributed by atoms with Gasteiger partial charge in [0, 0.05) is 17.3 Å². The summed E-state index contributed by atoms with van der Waals surface area (Å²) in [5, 5.41) is 5.28. The SMILES string of the molecule is CCN(CC)C(CNC(=O)C(C)C1CC1)c1cccs1. The van der Waals surface area contributed by atoms with E-state index in [4.69, 9.17) is 0 Å². The molecule has 2 rings (SSSR count). The Bertz CT molecular complexity index is 410. The van der Waals surface area contributed by atoms with Crippen LogP contribution in [0.5, 0.6) is 0 Å². The summed E-state index contributed by atoms with van der Waals surface area (Å²) < 4.78 is 0. The van der Waals surface area contributed by atoms with Crippen molar-refractivity contribution in [1.29, 1.82) is 0 Å². The highest BCUT2D eigenvalue weighted by Gasteiger charge is 2.33. The van der Waals surface area contributed by atoms with E-state index in [0.29, 0.717) is 12.0 Å². The molecule has 0 aromatic carbocycles. The normalized spacial score (nSPS) is 18.0. The van der Waals surface area contributed by atoms with Crippen molar-refractivity contribution in [1.82, 2.24) is 10.2 Å². The molecule has 20 heavy (non-hydrogen) atoms. The maximum atomic E-state index is 12.2. The third-order valence-corrected chi connectivity index (χ3v) is 5.31. The highest BCUT2D eigenvalue weighted by atomic mass is 32.1. The van der Waals surface area contributed by atoms with Gasteiger partial charge in [0.05, 0.1) is 6.04 Å². The first-order chi connectivity index (χ1) is 9.67. The maximum Gasteiger partial charge on any atom is 0.223 e. The number of hydrogen-bond donors (Lipinski definition) is 1. The first kappa shape index (κ1) is 15.5. The van der Waals surface area contributed by atoms with Crippen LogP contribution < -0.4 is 5.32 Å². The van der Waals surface area contributed by atoms with Gasteiger partial charge < -0.3 is 5.32 Å². The van der Waals surface area contributed by atoms with Gasteiger partial charge in [-0.25, -0.2) is 0 Å². The number of carbonyl (C=O) groups excluding carboxylic acids is 1. The van der Waals surface area contributed by atoms with Crippen molar-refractivity contribution in [3.8, 4) is 0 Å². The number of hydrogen-bond acceptors (Lipinski definition) is 3. The Morgan fingerprint density at radius 1 is 1.45 bits per heavy atom. The average Bonchev–Trinajstić information content (AvgIpc) is 3.18. The van der Waals surface area contributed by atoms with E-state index < -0.39 is 0 Å². The summed E-state index contributed by atoms with van der Waals surface area (Å²) in [6, 6.07) is 4.57. The van der Waals surface area contributed by atoms with Crippen molar-refractivity contribution in [3.63, 3.8) is 0 Å². The molecule has 1 fully saturated rings. The summed E-state index contributed by atoms with van der Waals surface area (Å²) in [6.07, 6.45) is 2.44. The van der Waals surface area contributed by atoms with Crippen LogP contribution in [0, 0.1) is 11.8 Å². The van der Waals surface area contributed by atoms with Crippen molar-refractivity contribution in [3.05, 3.63) is 22.4 Å². The highest BCUT2D eigenvalue weighted by Crippen LogP contribution is 2.36. The molecule has 112 valence electrons. The smallest absolute Gasteiger partial charge is 0.223 e. The van der Waals surface area contributed by atoms with Crippen LogP contribution >= 0.6 is 11.3 Å². The van der Waals surface area contributed by atoms with Gasteiger partial charge in [-0.05, 0) is 43.3 Å². The van der Waals surface area contributed by atoms with Gasteiger partial charge in [0.25, 0.3) is 0 Å². The molecule has 1 aliphatic carbocycles. The molecule has 1 N–H and O–H groups in total. The molecule has 1 amide bonds. The van der Waals surface area contributed by atoms with Crippen LogP contribution in [-0.4, -0.2) is 30.4 Å². The Kier molecular flexibility index (Phi) is 5.61. The van der Waals surface area contributed by atoms with Crippen molar-refractivity contribution in [2.24, 2.45) is 11.8 Å². The van der Waals surface area contributed by atoms with Gasteiger partial charge >= 0.3 is 0 Å². The second kappa shape index (κ2) is 7.23. The van der Waals surface area contributed by atoms with Gasteiger partial charge in [0.2, 0.25) is 5.91 Å². The monoisotopic (exact) mass is 294 g/mol. The third kappa shape index (κ3) is 3.83. The molecule has 0 bridgehead atoms. The lowest BCUT2D eigenvalue weighted by atomic mass is 10.1. The van der Waals surface area contributed by atoms with E-state index in [1.54, 1.807) is 11.3 Å². The number of rotatable bonds is 8. The summed E-state index contributed by atoms with van der Waals surface area (Å²) >= 11 is 1.78. The van der Waals surface area contributed by atoms with Crippen molar-refractivity contribution in [2.45, 2.75) is 39.7 Å². The molecule has 2 atom stereocenters. The van der Waals surface area contributed by atoms with E-state index >= 15 is 0 Å². The zero-order chi connectivity index (χ0) is 14.5. The van der Waals surface area contributed by atoms with E-state index in [1.807, 2.05) is 0 Å². The lowest BCUT2D eigenvalue weighted by molar-refractivity contribution is -0.125. The molecular formula is C16H26N2OS. The van der Waals surface area contributed by atoms with Gasteiger partial charge in [-0.2, -0.15) is 0 Å². The second-order valence-electron chi connectivity index (χ2n) is 5.62. The van der Waals surface area contributed by atoms with E-state index in [9.17, 15) is 4.79 Å². The highest BCUT2D eigenvalue weighted by molar-refractivity contribution is 7.10. The van der Waals surface area contributed by atoms with Crippen LogP contribution in [0.1, 0.15) is 44.5 Å². The molecule has 0 saturated heterocycles. The van der Waals surface area contributed by atoms with Crippen LogP contribution in [0.2, 0.25) is 0 Å². The molecule has 3 nitrogen and oxygen atoms in total. The van der Waals surface area contributed by atoms with Crippen molar-refractivity contribution < 1.29 is 4.79 Å². The van der Waals surface area contributed by atoms with Crippen LogP contribution in [0.4, 0.5) is 0 Å². The molecule has 0 radical (unpaired) electrons. The quantitative estimate of drug-likeness (QED) is 0.798. The summed E-state index contributed by atoms with van der Waals surface area (Å²) in [4.78, 5) is 15.9. The minimum absolute atomic E-state index is 0.177. The Labute approximate surface area is 126 Å². The Morgan fingerprint density at radius 3 is 2.65 bits per heavy atom. The van der Waals surface area contributed by atoms with Crippen LogP contribution in [0.3, 0.4) is 0 Å². The standard InChI is InChI=1S/C16H26N2OS/c1-4-18(5-2)14(15-7-6-10-20-15)11-17-16(19)12(3)13-8-9-13/h6-7,10,12-14H,4-5,8-9,11H2,1-3H3,(H,17,19). The second-order valence-corrected chi connectivity index (χ2v) is 6.60. The fraction of sp³-hybridized carbons (Fsp3) is 0.688. The van der Waals surface area contributed by atoms with Gasteiger partial charge in [-0.3, -0.25) is 9.69 Å². The Balaban J connectivity index is 1.95. The summed E-state index contributed by atoms with van der Waals surface area (Å²) in [5.41, 5.74) is 0. The fourth-order valence-corrected chi connectivity index (χ4v) is 3.58. The molecule has 1 saturated carbocycles. The number of amides is 1. The third-order valence-electron chi connectivity index (χ3n) is 4.34. The molecule has 1 aromatic heterocycles. The number of carbonyl (C=O) groups is 1. The van der Waals surface area contributed by atoms with E-state index in [-0.39, 0.29) is 11.8 Å². The minimum atomic E-state index is 0.177. The molecule has 0 spiro atoms. The number of likely N-dealkylation sites (N-methyl/N-ethyl adjacent to an activating group) is 1. The van der Waals surface area contributed by atoms with Crippen molar-refractivity contribution in [2.75, 3.05) is 19.6 Å². The van der Waals surface area contributed by atoms with Crippen LogP contribution in [0.25, 0.3) is 0 Å². The molecule has 4 heteroatoms. The Hall–Kier alpha value is -0.870. The largest absolute Gasteiger partial charge is 0.354 e. The van der Waals surface area contributed by atoms with Crippen LogP contribution in [-0.2, 0) is 4.79 Å². The van der Waals surface area contributed by atoms with E-state index in [0.717, 1.165) is 19.6 Å².